The number of carbonyl (C=O) groups excluding carboxylic acids is 1. The Bertz CT molecular complexity index is 504. The SMILES string of the molecule is COc1ccc(C[C@@H](CC(=O)O)NC(=O)OC(C)(C)C)cc1. The van der Waals surface area contributed by atoms with Crippen molar-refractivity contribution in [1.29, 1.82) is 0 Å². The van der Waals surface area contributed by atoms with Crippen LogP contribution in [-0.4, -0.2) is 35.9 Å². The number of carbonyl (C=O) groups is 2. The lowest BCUT2D eigenvalue weighted by atomic mass is 10.0. The zero-order valence-electron chi connectivity index (χ0n) is 13.4. The van der Waals surface area contributed by atoms with E-state index in [1.54, 1.807) is 40.0 Å². The van der Waals surface area contributed by atoms with Gasteiger partial charge in [0.1, 0.15) is 11.4 Å². The highest BCUT2D eigenvalue weighted by atomic mass is 16.6. The van der Waals surface area contributed by atoms with E-state index in [4.69, 9.17) is 14.6 Å². The number of nitrogens with one attached hydrogen (secondary N) is 1. The van der Waals surface area contributed by atoms with Gasteiger partial charge in [-0.3, -0.25) is 4.79 Å². The van der Waals surface area contributed by atoms with E-state index in [1.807, 2.05) is 12.1 Å². The van der Waals surface area contributed by atoms with E-state index in [-0.39, 0.29) is 6.42 Å². The van der Waals surface area contributed by atoms with Gasteiger partial charge in [0.05, 0.1) is 13.5 Å². The number of alkyl carbamates (subject to hydrolysis) is 1. The van der Waals surface area contributed by atoms with Crippen LogP contribution in [0.4, 0.5) is 4.79 Å². The van der Waals surface area contributed by atoms with Gasteiger partial charge in [-0.05, 0) is 44.9 Å². The Hall–Kier alpha value is -2.24. The molecule has 0 spiro atoms. The standard InChI is InChI=1S/C16H23NO5/c1-16(2,3)22-15(20)17-12(10-14(18)19)9-11-5-7-13(21-4)8-6-11/h5-8,12H,9-10H2,1-4H3,(H,17,20)(H,18,19)/t12-/m0/s1. The summed E-state index contributed by atoms with van der Waals surface area (Å²) in [6, 6.07) is 6.72. The maximum atomic E-state index is 11.8. The highest BCUT2D eigenvalue weighted by Crippen LogP contribution is 2.14. The summed E-state index contributed by atoms with van der Waals surface area (Å²) in [5.74, 6) is -0.256. The summed E-state index contributed by atoms with van der Waals surface area (Å²) in [5, 5.41) is 11.6. The normalized spacial score (nSPS) is 12.4. The van der Waals surface area contributed by atoms with Crippen LogP contribution in [-0.2, 0) is 16.0 Å². The van der Waals surface area contributed by atoms with E-state index in [0.717, 1.165) is 11.3 Å². The molecule has 1 rings (SSSR count). The molecule has 0 saturated heterocycles. The lowest BCUT2D eigenvalue weighted by Crippen LogP contribution is -2.41. The second-order valence-electron chi connectivity index (χ2n) is 5.99. The first-order chi connectivity index (χ1) is 10.2. The molecule has 0 saturated carbocycles. The lowest BCUT2D eigenvalue weighted by molar-refractivity contribution is -0.137. The van der Waals surface area contributed by atoms with Gasteiger partial charge < -0.3 is 19.9 Å². The van der Waals surface area contributed by atoms with Crippen LogP contribution in [0.3, 0.4) is 0 Å². The smallest absolute Gasteiger partial charge is 0.407 e. The molecule has 0 heterocycles. The van der Waals surface area contributed by atoms with Crippen molar-refractivity contribution >= 4 is 12.1 Å². The molecule has 1 atom stereocenters. The summed E-state index contributed by atoms with van der Waals surface area (Å²) in [6.07, 6.45) is -0.395. The zero-order chi connectivity index (χ0) is 16.8. The monoisotopic (exact) mass is 309 g/mol. The minimum absolute atomic E-state index is 0.175. The molecular formula is C16H23NO5. The maximum Gasteiger partial charge on any atom is 0.407 e. The van der Waals surface area contributed by atoms with Crippen molar-refractivity contribution in [2.24, 2.45) is 0 Å². The lowest BCUT2D eigenvalue weighted by Gasteiger charge is -2.23. The third-order valence-electron chi connectivity index (χ3n) is 2.78. The van der Waals surface area contributed by atoms with Gasteiger partial charge in [-0.15, -0.1) is 0 Å². The van der Waals surface area contributed by atoms with E-state index in [2.05, 4.69) is 5.32 Å². The number of aliphatic carboxylic acids is 1. The van der Waals surface area contributed by atoms with E-state index >= 15 is 0 Å². The molecule has 0 bridgehead atoms. The molecule has 122 valence electrons. The molecule has 1 amide bonds. The molecule has 0 fully saturated rings. The second-order valence-corrected chi connectivity index (χ2v) is 5.99. The van der Waals surface area contributed by atoms with Crippen LogP contribution in [0, 0.1) is 0 Å². The summed E-state index contributed by atoms with van der Waals surface area (Å²) in [7, 11) is 1.58. The molecule has 2 N–H and O–H groups in total. The van der Waals surface area contributed by atoms with Crippen molar-refractivity contribution in [1.82, 2.24) is 5.32 Å². The Labute approximate surface area is 130 Å². The molecule has 0 unspecified atom stereocenters. The van der Waals surface area contributed by atoms with Gasteiger partial charge in [-0.1, -0.05) is 12.1 Å². The highest BCUT2D eigenvalue weighted by molar-refractivity contribution is 5.71. The van der Waals surface area contributed by atoms with Crippen LogP contribution in [0.1, 0.15) is 32.8 Å². The van der Waals surface area contributed by atoms with Crippen LogP contribution in [0.25, 0.3) is 0 Å². The molecule has 22 heavy (non-hydrogen) atoms. The Kier molecular flexibility index (Phi) is 6.22. The molecule has 1 aromatic rings. The van der Waals surface area contributed by atoms with E-state index in [9.17, 15) is 9.59 Å². The molecule has 0 aromatic heterocycles. The number of benzene rings is 1. The van der Waals surface area contributed by atoms with Crippen LogP contribution in [0.15, 0.2) is 24.3 Å². The van der Waals surface area contributed by atoms with Crippen LogP contribution in [0.5, 0.6) is 5.75 Å². The third-order valence-corrected chi connectivity index (χ3v) is 2.78. The Morgan fingerprint density at radius 3 is 2.27 bits per heavy atom. The number of hydrogen-bond donors (Lipinski definition) is 2. The van der Waals surface area contributed by atoms with Gasteiger partial charge in [-0.25, -0.2) is 4.79 Å². The van der Waals surface area contributed by atoms with Crippen molar-refractivity contribution < 1.29 is 24.2 Å². The fourth-order valence-corrected chi connectivity index (χ4v) is 1.91. The van der Waals surface area contributed by atoms with E-state index < -0.39 is 23.7 Å². The first kappa shape index (κ1) is 17.8. The number of methoxy groups -OCH3 is 1. The molecule has 0 radical (unpaired) electrons. The second kappa shape index (κ2) is 7.68. The fraction of sp³-hybridized carbons (Fsp3) is 0.500. The molecule has 6 heteroatoms. The van der Waals surface area contributed by atoms with Gasteiger partial charge in [0.25, 0.3) is 0 Å². The number of carboxylic acid groups (broad SMARTS) is 1. The maximum absolute atomic E-state index is 11.8. The molecule has 0 aliphatic heterocycles. The predicted octanol–water partition coefficient (Wildman–Crippen LogP) is 2.61. The molecule has 1 aromatic carbocycles. The minimum Gasteiger partial charge on any atom is -0.497 e. The number of hydrogen-bond acceptors (Lipinski definition) is 4. The number of carboxylic acids is 1. The first-order valence-corrected chi connectivity index (χ1v) is 7.04. The average molecular weight is 309 g/mol. The van der Waals surface area contributed by atoms with E-state index in [0.29, 0.717) is 6.42 Å². The minimum atomic E-state index is -0.977. The third kappa shape index (κ3) is 6.97. The van der Waals surface area contributed by atoms with Crippen LogP contribution < -0.4 is 10.1 Å². The summed E-state index contributed by atoms with van der Waals surface area (Å²) in [6.45, 7) is 5.26. The van der Waals surface area contributed by atoms with Crippen molar-refractivity contribution in [3.05, 3.63) is 29.8 Å². The van der Waals surface area contributed by atoms with Crippen molar-refractivity contribution in [2.45, 2.75) is 45.3 Å². The molecule has 6 nitrogen and oxygen atoms in total. The highest BCUT2D eigenvalue weighted by Gasteiger charge is 2.21. The van der Waals surface area contributed by atoms with Crippen LogP contribution >= 0.6 is 0 Å². The van der Waals surface area contributed by atoms with Gasteiger partial charge in [0.2, 0.25) is 0 Å². The quantitative estimate of drug-likeness (QED) is 0.843. The summed E-state index contributed by atoms with van der Waals surface area (Å²) >= 11 is 0. The topological polar surface area (TPSA) is 84.9 Å². The van der Waals surface area contributed by atoms with E-state index in [1.165, 1.54) is 0 Å². The first-order valence-electron chi connectivity index (χ1n) is 7.04. The molecular weight excluding hydrogens is 286 g/mol. The Morgan fingerprint density at radius 1 is 1.23 bits per heavy atom. The summed E-state index contributed by atoms with van der Waals surface area (Å²) < 4.78 is 10.2. The van der Waals surface area contributed by atoms with Crippen molar-refractivity contribution in [2.75, 3.05) is 7.11 Å². The predicted molar refractivity (Wildman–Crippen MR) is 82.1 cm³/mol. The molecule has 0 aliphatic carbocycles. The zero-order valence-corrected chi connectivity index (χ0v) is 13.4. The fourth-order valence-electron chi connectivity index (χ4n) is 1.91. The van der Waals surface area contributed by atoms with Gasteiger partial charge >= 0.3 is 12.1 Å². The van der Waals surface area contributed by atoms with Crippen molar-refractivity contribution in [3.63, 3.8) is 0 Å². The van der Waals surface area contributed by atoms with Gasteiger partial charge in [-0.2, -0.15) is 0 Å². The van der Waals surface area contributed by atoms with Crippen molar-refractivity contribution in [3.8, 4) is 5.75 Å². The van der Waals surface area contributed by atoms with Gasteiger partial charge in [0, 0.05) is 6.04 Å². The summed E-state index contributed by atoms with van der Waals surface area (Å²) in [4.78, 5) is 22.7. The Morgan fingerprint density at radius 2 is 1.82 bits per heavy atom. The number of ether oxygens (including phenoxy) is 2. The summed E-state index contributed by atoms with van der Waals surface area (Å²) in [5.41, 5.74) is 0.279. The number of rotatable bonds is 6. The van der Waals surface area contributed by atoms with Crippen LogP contribution in [0.2, 0.25) is 0 Å². The van der Waals surface area contributed by atoms with Gasteiger partial charge in [0.15, 0.2) is 0 Å². The largest absolute Gasteiger partial charge is 0.497 e. The Balaban J connectivity index is 2.70. The average Bonchev–Trinajstić information content (AvgIpc) is 2.36. The number of amides is 1. The molecule has 0 aliphatic rings.